The zero-order valence-corrected chi connectivity index (χ0v) is 14.1. The van der Waals surface area contributed by atoms with Crippen LogP contribution in [0.2, 0.25) is 5.02 Å². The molecule has 0 fully saturated rings. The first-order valence-electron chi connectivity index (χ1n) is 6.69. The van der Waals surface area contributed by atoms with Crippen LogP contribution in [-0.2, 0) is 7.05 Å². The number of imidazole rings is 1. The lowest BCUT2D eigenvalue weighted by molar-refractivity contribution is 0.734. The van der Waals surface area contributed by atoms with Crippen LogP contribution in [0.25, 0.3) is 11.0 Å². The summed E-state index contributed by atoms with van der Waals surface area (Å²) in [7, 11) is 2.04. The Morgan fingerprint density at radius 3 is 2.71 bits per heavy atom. The largest absolute Gasteiger partial charge is 0.375 e. The van der Waals surface area contributed by atoms with Gasteiger partial charge in [-0.25, -0.2) is 4.98 Å². The van der Waals surface area contributed by atoms with Crippen molar-refractivity contribution in [3.63, 3.8) is 0 Å². The van der Waals surface area contributed by atoms with Crippen molar-refractivity contribution in [2.24, 2.45) is 7.05 Å². The van der Waals surface area contributed by atoms with Gasteiger partial charge in [0.05, 0.1) is 22.1 Å². The summed E-state index contributed by atoms with van der Waals surface area (Å²) >= 11 is 9.46. The highest BCUT2D eigenvalue weighted by Crippen LogP contribution is 2.28. The number of anilines is 1. The SMILES string of the molecule is CC(Nc1ccc(Cl)c(Br)c1)c1nc2ccccc2n1C. The van der Waals surface area contributed by atoms with E-state index in [-0.39, 0.29) is 6.04 Å². The maximum atomic E-state index is 6.02. The Labute approximate surface area is 137 Å². The normalized spacial score (nSPS) is 12.6. The molecule has 0 aliphatic rings. The fourth-order valence-corrected chi connectivity index (χ4v) is 2.95. The van der Waals surface area contributed by atoms with Crippen molar-refractivity contribution in [3.8, 4) is 0 Å². The van der Waals surface area contributed by atoms with Gasteiger partial charge in [-0.2, -0.15) is 0 Å². The monoisotopic (exact) mass is 363 g/mol. The smallest absolute Gasteiger partial charge is 0.131 e. The van der Waals surface area contributed by atoms with Gasteiger partial charge >= 0.3 is 0 Å². The van der Waals surface area contributed by atoms with Crippen LogP contribution >= 0.6 is 27.5 Å². The van der Waals surface area contributed by atoms with E-state index in [4.69, 9.17) is 16.6 Å². The summed E-state index contributed by atoms with van der Waals surface area (Å²) in [6.07, 6.45) is 0. The van der Waals surface area contributed by atoms with Crippen molar-refractivity contribution in [2.45, 2.75) is 13.0 Å². The summed E-state index contributed by atoms with van der Waals surface area (Å²) in [5.41, 5.74) is 3.16. The third-order valence-corrected chi connectivity index (χ3v) is 4.73. The third kappa shape index (κ3) is 2.78. The lowest BCUT2D eigenvalue weighted by Gasteiger charge is -2.15. The zero-order valence-electron chi connectivity index (χ0n) is 11.8. The molecule has 1 unspecified atom stereocenters. The molecular formula is C16H15BrClN3. The van der Waals surface area contributed by atoms with E-state index in [1.165, 1.54) is 0 Å². The number of nitrogens with zero attached hydrogens (tertiary/aromatic N) is 2. The Morgan fingerprint density at radius 1 is 1.24 bits per heavy atom. The second-order valence-corrected chi connectivity index (χ2v) is 6.27. The van der Waals surface area contributed by atoms with E-state index in [1.807, 2.05) is 43.4 Å². The van der Waals surface area contributed by atoms with Gasteiger partial charge in [-0.3, -0.25) is 0 Å². The maximum absolute atomic E-state index is 6.02. The van der Waals surface area contributed by atoms with E-state index in [9.17, 15) is 0 Å². The number of para-hydroxylation sites is 2. The predicted octanol–water partition coefficient (Wildman–Crippen LogP) is 5.16. The van der Waals surface area contributed by atoms with Gasteiger partial charge < -0.3 is 9.88 Å². The average Bonchev–Trinajstić information content (AvgIpc) is 2.81. The highest BCUT2D eigenvalue weighted by Gasteiger charge is 2.14. The van der Waals surface area contributed by atoms with Crippen molar-refractivity contribution in [1.29, 1.82) is 0 Å². The topological polar surface area (TPSA) is 29.9 Å². The minimum Gasteiger partial charge on any atom is -0.375 e. The number of aryl methyl sites for hydroxylation is 1. The minimum absolute atomic E-state index is 0.0930. The summed E-state index contributed by atoms with van der Waals surface area (Å²) < 4.78 is 3.00. The molecule has 0 amide bonds. The van der Waals surface area contributed by atoms with Gasteiger partial charge in [0.25, 0.3) is 0 Å². The third-order valence-electron chi connectivity index (χ3n) is 3.51. The first-order valence-corrected chi connectivity index (χ1v) is 7.86. The summed E-state index contributed by atoms with van der Waals surface area (Å²) in [5.74, 6) is 1.00. The van der Waals surface area contributed by atoms with Gasteiger partial charge in [-0.15, -0.1) is 0 Å². The average molecular weight is 365 g/mol. The molecule has 3 rings (SSSR count). The van der Waals surface area contributed by atoms with E-state index in [2.05, 4.69) is 38.8 Å². The molecule has 2 aromatic carbocycles. The molecule has 3 aromatic rings. The molecule has 0 saturated carbocycles. The summed E-state index contributed by atoms with van der Waals surface area (Å²) in [6, 6.07) is 14.1. The van der Waals surface area contributed by atoms with E-state index in [1.54, 1.807) is 0 Å². The van der Waals surface area contributed by atoms with Crippen LogP contribution in [0.3, 0.4) is 0 Å². The molecule has 0 radical (unpaired) electrons. The first kappa shape index (κ1) is 14.4. The fraction of sp³-hybridized carbons (Fsp3) is 0.188. The fourth-order valence-electron chi connectivity index (χ4n) is 2.45. The van der Waals surface area contributed by atoms with E-state index < -0.39 is 0 Å². The molecule has 1 N–H and O–H groups in total. The number of hydrogen-bond acceptors (Lipinski definition) is 2. The van der Waals surface area contributed by atoms with Crippen LogP contribution in [0, 0.1) is 0 Å². The molecule has 0 aliphatic carbocycles. The quantitative estimate of drug-likeness (QED) is 0.695. The lowest BCUT2D eigenvalue weighted by Crippen LogP contribution is -2.12. The number of rotatable bonds is 3. The number of hydrogen-bond donors (Lipinski definition) is 1. The Hall–Kier alpha value is -1.52. The van der Waals surface area contributed by atoms with E-state index in [0.29, 0.717) is 5.02 Å². The predicted molar refractivity (Wildman–Crippen MR) is 91.9 cm³/mol. The number of aromatic nitrogens is 2. The number of nitrogens with one attached hydrogen (secondary N) is 1. The van der Waals surface area contributed by atoms with Gasteiger partial charge in [-0.1, -0.05) is 23.7 Å². The van der Waals surface area contributed by atoms with Gasteiger partial charge in [0.15, 0.2) is 0 Å². The van der Waals surface area contributed by atoms with Crippen LogP contribution < -0.4 is 5.32 Å². The molecule has 21 heavy (non-hydrogen) atoms. The second-order valence-electron chi connectivity index (χ2n) is 5.01. The molecule has 3 nitrogen and oxygen atoms in total. The van der Waals surface area contributed by atoms with Crippen LogP contribution in [0.5, 0.6) is 0 Å². The van der Waals surface area contributed by atoms with E-state index in [0.717, 1.165) is 27.0 Å². The summed E-state index contributed by atoms with van der Waals surface area (Å²) in [5, 5.41) is 4.16. The number of benzene rings is 2. The minimum atomic E-state index is 0.0930. The van der Waals surface area contributed by atoms with Crippen LogP contribution in [0.1, 0.15) is 18.8 Å². The zero-order chi connectivity index (χ0) is 15.0. The first-order chi connectivity index (χ1) is 10.1. The Balaban J connectivity index is 1.91. The highest BCUT2D eigenvalue weighted by molar-refractivity contribution is 9.10. The number of fused-ring (bicyclic) bond motifs is 1. The van der Waals surface area contributed by atoms with Gasteiger partial charge in [0.2, 0.25) is 0 Å². The van der Waals surface area contributed by atoms with Crippen molar-refractivity contribution >= 4 is 44.3 Å². The van der Waals surface area contributed by atoms with Gasteiger partial charge in [0, 0.05) is 17.2 Å². The highest BCUT2D eigenvalue weighted by atomic mass is 79.9. The Morgan fingerprint density at radius 2 is 2.00 bits per heavy atom. The molecule has 108 valence electrons. The molecule has 0 saturated heterocycles. The van der Waals surface area contributed by atoms with Crippen molar-refractivity contribution in [1.82, 2.24) is 9.55 Å². The van der Waals surface area contributed by atoms with E-state index >= 15 is 0 Å². The molecular weight excluding hydrogens is 350 g/mol. The molecule has 0 aliphatic heterocycles. The molecule has 1 atom stereocenters. The van der Waals surface area contributed by atoms with Crippen molar-refractivity contribution < 1.29 is 0 Å². The summed E-state index contributed by atoms with van der Waals surface area (Å²) in [6.45, 7) is 2.10. The molecule has 1 aromatic heterocycles. The van der Waals surface area contributed by atoms with Crippen molar-refractivity contribution in [3.05, 3.63) is 57.8 Å². The maximum Gasteiger partial charge on any atom is 0.131 e. The Kier molecular flexibility index (Phi) is 3.91. The standard InChI is InChI=1S/C16H15BrClN3/c1-10(19-11-7-8-13(18)12(17)9-11)16-20-14-5-3-4-6-15(14)21(16)2/h3-10,19H,1-2H3. The van der Waals surface area contributed by atoms with Gasteiger partial charge in [-0.05, 0) is 53.2 Å². The molecule has 0 spiro atoms. The van der Waals surface area contributed by atoms with Crippen LogP contribution in [0.4, 0.5) is 5.69 Å². The van der Waals surface area contributed by atoms with Crippen molar-refractivity contribution in [2.75, 3.05) is 5.32 Å². The number of halogens is 2. The molecule has 5 heteroatoms. The Bertz CT molecular complexity index is 797. The van der Waals surface area contributed by atoms with Gasteiger partial charge in [0.1, 0.15) is 5.82 Å². The molecule has 1 heterocycles. The molecule has 0 bridgehead atoms. The lowest BCUT2D eigenvalue weighted by atomic mass is 10.2. The van der Waals surface area contributed by atoms with Crippen LogP contribution in [0.15, 0.2) is 46.9 Å². The summed E-state index contributed by atoms with van der Waals surface area (Å²) in [4.78, 5) is 4.71. The second kappa shape index (κ2) is 5.70. The van der Waals surface area contributed by atoms with Crippen LogP contribution in [-0.4, -0.2) is 9.55 Å².